The summed E-state index contributed by atoms with van der Waals surface area (Å²) in [5.41, 5.74) is 2.20. The summed E-state index contributed by atoms with van der Waals surface area (Å²) < 4.78 is 22.1. The Morgan fingerprint density at radius 1 is 0.947 bits per heavy atom. The van der Waals surface area contributed by atoms with Crippen LogP contribution >= 0.6 is 0 Å². The van der Waals surface area contributed by atoms with Gasteiger partial charge in [-0.3, -0.25) is 0 Å². The fourth-order valence-corrected chi connectivity index (χ4v) is 2.08. The van der Waals surface area contributed by atoms with Crippen LogP contribution in [-0.2, 0) is 17.8 Å². The highest BCUT2D eigenvalue weighted by atomic mass is 16.5. The summed E-state index contributed by atoms with van der Waals surface area (Å²) in [6.45, 7) is 7.82. The summed E-state index contributed by atoms with van der Waals surface area (Å²) in [7, 11) is 3.29. The van der Waals surface area contributed by atoms with E-state index in [9.17, 15) is 0 Å². The third kappa shape index (κ3) is 3.53. The van der Waals surface area contributed by atoms with Gasteiger partial charge in [-0.25, -0.2) is 0 Å². The molecule has 0 aliphatic heterocycles. The van der Waals surface area contributed by atoms with Crippen LogP contribution in [0.25, 0.3) is 0 Å². The van der Waals surface area contributed by atoms with Crippen LogP contribution in [0.4, 0.5) is 0 Å². The molecule has 0 aliphatic rings. The average Bonchev–Trinajstić information content (AvgIpc) is 2.44. The van der Waals surface area contributed by atoms with Crippen molar-refractivity contribution in [3.63, 3.8) is 0 Å². The molecule has 0 spiro atoms. The van der Waals surface area contributed by atoms with Crippen molar-refractivity contribution < 1.29 is 18.9 Å². The number of methoxy groups -OCH3 is 2. The summed E-state index contributed by atoms with van der Waals surface area (Å²) in [6.07, 6.45) is 0.857. The maximum absolute atomic E-state index is 5.66. The maximum atomic E-state index is 5.66. The molecule has 1 aromatic rings. The molecule has 4 heteroatoms. The van der Waals surface area contributed by atoms with E-state index in [-0.39, 0.29) is 0 Å². The summed E-state index contributed by atoms with van der Waals surface area (Å²) in [4.78, 5) is 0. The van der Waals surface area contributed by atoms with Crippen LogP contribution in [0.2, 0.25) is 0 Å². The monoisotopic (exact) mass is 268 g/mol. The zero-order valence-electron chi connectivity index (χ0n) is 12.5. The third-order valence-corrected chi connectivity index (χ3v) is 2.93. The largest absolute Gasteiger partial charge is 0.493 e. The first-order valence-corrected chi connectivity index (χ1v) is 6.70. The van der Waals surface area contributed by atoms with Crippen molar-refractivity contribution in [1.29, 1.82) is 0 Å². The second-order valence-electron chi connectivity index (χ2n) is 4.00. The minimum absolute atomic E-state index is 0.554. The van der Waals surface area contributed by atoms with Gasteiger partial charge in [0.1, 0.15) is 0 Å². The molecule has 0 bridgehead atoms. The molecule has 0 unspecified atom stereocenters. The van der Waals surface area contributed by atoms with Gasteiger partial charge in [-0.05, 0) is 31.9 Å². The molecule has 1 aromatic carbocycles. The third-order valence-electron chi connectivity index (χ3n) is 2.93. The lowest BCUT2D eigenvalue weighted by Crippen LogP contribution is -2.05. The van der Waals surface area contributed by atoms with Gasteiger partial charge in [-0.1, -0.05) is 6.92 Å². The SMILES string of the molecule is CCOCc1cc(OC)c(OCC)c(OC)c1CC. The normalized spacial score (nSPS) is 10.4. The van der Waals surface area contributed by atoms with E-state index < -0.39 is 0 Å². The van der Waals surface area contributed by atoms with Crippen LogP contribution < -0.4 is 14.2 Å². The fraction of sp³-hybridized carbons (Fsp3) is 0.600. The highest BCUT2D eigenvalue weighted by Gasteiger charge is 2.19. The van der Waals surface area contributed by atoms with Crippen LogP contribution in [0.15, 0.2) is 6.07 Å². The molecule has 0 amide bonds. The molecule has 0 heterocycles. The predicted molar refractivity (Wildman–Crippen MR) is 75.4 cm³/mol. The van der Waals surface area contributed by atoms with E-state index in [1.165, 1.54) is 0 Å². The number of hydrogen-bond acceptors (Lipinski definition) is 4. The molecule has 0 radical (unpaired) electrons. The van der Waals surface area contributed by atoms with Crippen LogP contribution in [0.5, 0.6) is 17.2 Å². The molecular formula is C15H24O4. The van der Waals surface area contributed by atoms with Gasteiger partial charge in [0.15, 0.2) is 11.5 Å². The van der Waals surface area contributed by atoms with Crippen molar-refractivity contribution in [2.75, 3.05) is 27.4 Å². The number of hydrogen-bond donors (Lipinski definition) is 0. The Bertz CT molecular complexity index is 402. The number of rotatable bonds is 8. The molecule has 0 fully saturated rings. The summed E-state index contributed by atoms with van der Waals surface area (Å²) >= 11 is 0. The van der Waals surface area contributed by atoms with Crippen LogP contribution in [0.1, 0.15) is 31.9 Å². The van der Waals surface area contributed by atoms with E-state index in [0.717, 1.165) is 23.3 Å². The zero-order valence-corrected chi connectivity index (χ0v) is 12.5. The molecule has 108 valence electrons. The van der Waals surface area contributed by atoms with Gasteiger partial charge in [0.25, 0.3) is 0 Å². The van der Waals surface area contributed by atoms with Gasteiger partial charge in [0.05, 0.1) is 27.4 Å². The minimum Gasteiger partial charge on any atom is -0.493 e. The summed E-state index contributed by atoms with van der Waals surface area (Å²) in [5, 5.41) is 0. The maximum Gasteiger partial charge on any atom is 0.203 e. The van der Waals surface area contributed by atoms with E-state index in [2.05, 4.69) is 6.92 Å². The molecule has 19 heavy (non-hydrogen) atoms. The molecule has 0 aromatic heterocycles. The predicted octanol–water partition coefficient (Wildman–Crippen LogP) is 3.20. The topological polar surface area (TPSA) is 36.9 Å². The minimum atomic E-state index is 0.554. The van der Waals surface area contributed by atoms with E-state index in [1.54, 1.807) is 14.2 Å². The van der Waals surface area contributed by atoms with Gasteiger partial charge in [-0.15, -0.1) is 0 Å². The molecule has 0 N–H and O–H groups in total. The van der Waals surface area contributed by atoms with Crippen LogP contribution in [-0.4, -0.2) is 27.4 Å². The van der Waals surface area contributed by atoms with Gasteiger partial charge in [0.2, 0.25) is 5.75 Å². The molecule has 0 saturated heterocycles. The second kappa shape index (κ2) is 7.89. The van der Waals surface area contributed by atoms with E-state index >= 15 is 0 Å². The van der Waals surface area contributed by atoms with Gasteiger partial charge in [-0.2, -0.15) is 0 Å². The second-order valence-corrected chi connectivity index (χ2v) is 4.00. The average molecular weight is 268 g/mol. The summed E-state index contributed by atoms with van der Waals surface area (Å²) in [6, 6.07) is 1.97. The van der Waals surface area contributed by atoms with Crippen molar-refractivity contribution in [2.24, 2.45) is 0 Å². The van der Waals surface area contributed by atoms with E-state index in [1.807, 2.05) is 19.9 Å². The number of ether oxygens (including phenoxy) is 4. The number of benzene rings is 1. The van der Waals surface area contributed by atoms with Crippen LogP contribution in [0.3, 0.4) is 0 Å². The van der Waals surface area contributed by atoms with Crippen LogP contribution in [0, 0.1) is 0 Å². The molecule has 0 saturated carbocycles. The first-order valence-electron chi connectivity index (χ1n) is 6.70. The van der Waals surface area contributed by atoms with Gasteiger partial charge < -0.3 is 18.9 Å². The van der Waals surface area contributed by atoms with Gasteiger partial charge >= 0.3 is 0 Å². The van der Waals surface area contributed by atoms with Crippen molar-refractivity contribution in [1.82, 2.24) is 0 Å². The molecule has 1 rings (SSSR count). The lowest BCUT2D eigenvalue weighted by Gasteiger charge is -2.19. The van der Waals surface area contributed by atoms with Gasteiger partial charge in [0, 0.05) is 12.2 Å². The van der Waals surface area contributed by atoms with Crippen molar-refractivity contribution in [2.45, 2.75) is 33.8 Å². The lowest BCUT2D eigenvalue weighted by molar-refractivity contribution is 0.133. The Morgan fingerprint density at radius 3 is 2.16 bits per heavy atom. The lowest BCUT2D eigenvalue weighted by atomic mass is 10.0. The van der Waals surface area contributed by atoms with E-state index in [4.69, 9.17) is 18.9 Å². The Balaban J connectivity index is 3.33. The highest BCUT2D eigenvalue weighted by molar-refractivity contribution is 5.59. The molecule has 0 atom stereocenters. The molecule has 0 aliphatic carbocycles. The van der Waals surface area contributed by atoms with E-state index in [0.29, 0.717) is 31.3 Å². The smallest absolute Gasteiger partial charge is 0.203 e. The van der Waals surface area contributed by atoms with Crippen molar-refractivity contribution in [3.8, 4) is 17.2 Å². The summed E-state index contributed by atoms with van der Waals surface area (Å²) in [5.74, 6) is 2.11. The Morgan fingerprint density at radius 2 is 1.68 bits per heavy atom. The highest BCUT2D eigenvalue weighted by Crippen LogP contribution is 2.42. The standard InChI is InChI=1S/C15H24O4/c1-6-12-11(10-18-7-2)9-13(16-4)15(19-8-3)14(12)17-5/h9H,6-8,10H2,1-5H3. The Kier molecular flexibility index (Phi) is 6.50. The fourth-order valence-electron chi connectivity index (χ4n) is 2.08. The quantitative estimate of drug-likeness (QED) is 0.725. The van der Waals surface area contributed by atoms with Crippen molar-refractivity contribution >= 4 is 0 Å². The first-order chi connectivity index (χ1) is 9.23. The Labute approximate surface area is 115 Å². The Hall–Kier alpha value is -1.42. The first kappa shape index (κ1) is 15.6. The van der Waals surface area contributed by atoms with Crippen molar-refractivity contribution in [3.05, 3.63) is 17.2 Å². The molecule has 4 nitrogen and oxygen atoms in total. The zero-order chi connectivity index (χ0) is 14.3. The molecular weight excluding hydrogens is 244 g/mol.